The normalized spacial score (nSPS) is 18.2. The number of carboxylic acids is 1. The van der Waals surface area contributed by atoms with E-state index < -0.39 is 23.8 Å². The number of carbonyl (C=O) groups is 1. The summed E-state index contributed by atoms with van der Waals surface area (Å²) in [5.74, 6) is -0.982. The molecule has 1 aliphatic rings. The molecule has 7 heteroatoms. The Labute approximate surface area is 136 Å². The van der Waals surface area contributed by atoms with E-state index in [0.717, 1.165) is 17.7 Å². The van der Waals surface area contributed by atoms with Gasteiger partial charge in [-0.1, -0.05) is 12.1 Å². The Morgan fingerprint density at radius 2 is 2.08 bits per heavy atom. The number of hydrogen-bond acceptors (Lipinski definition) is 3. The van der Waals surface area contributed by atoms with Crippen LogP contribution in [-0.2, 0) is 30.5 Å². The highest BCUT2D eigenvalue weighted by Gasteiger charge is 2.35. The number of rotatable bonds is 3. The number of fused-ring (bicyclic) bond motifs is 1. The van der Waals surface area contributed by atoms with Gasteiger partial charge in [-0.15, -0.1) is 0 Å². The van der Waals surface area contributed by atoms with E-state index >= 15 is 0 Å². The third-order valence-corrected chi connectivity index (χ3v) is 4.15. The number of alkyl halides is 3. The van der Waals surface area contributed by atoms with Crippen molar-refractivity contribution < 1.29 is 23.1 Å². The second kappa shape index (κ2) is 6.24. The Balaban J connectivity index is 1.91. The van der Waals surface area contributed by atoms with E-state index in [4.69, 9.17) is 0 Å². The summed E-state index contributed by atoms with van der Waals surface area (Å²) >= 11 is 0. The fourth-order valence-corrected chi connectivity index (χ4v) is 2.95. The van der Waals surface area contributed by atoms with Crippen molar-refractivity contribution in [3.63, 3.8) is 0 Å². The maximum atomic E-state index is 12.9. The summed E-state index contributed by atoms with van der Waals surface area (Å²) in [5, 5.41) is 9.46. The molecule has 1 atom stereocenters. The van der Waals surface area contributed by atoms with E-state index in [1.54, 1.807) is 23.4 Å². The lowest BCUT2D eigenvalue weighted by atomic mass is 9.92. The predicted molar refractivity (Wildman–Crippen MR) is 80.1 cm³/mol. The minimum Gasteiger partial charge on any atom is -0.480 e. The van der Waals surface area contributed by atoms with Gasteiger partial charge >= 0.3 is 12.1 Å². The maximum absolute atomic E-state index is 12.9. The molecule has 0 aliphatic carbocycles. The highest BCUT2D eigenvalue weighted by Crippen LogP contribution is 2.33. The van der Waals surface area contributed by atoms with Gasteiger partial charge in [0.15, 0.2) is 0 Å². The first-order chi connectivity index (χ1) is 11.3. The number of benzene rings is 1. The maximum Gasteiger partial charge on any atom is 0.416 e. The largest absolute Gasteiger partial charge is 0.480 e. The van der Waals surface area contributed by atoms with Gasteiger partial charge in [-0.05, 0) is 41.3 Å². The van der Waals surface area contributed by atoms with Crippen molar-refractivity contribution in [1.29, 1.82) is 0 Å². The highest BCUT2D eigenvalue weighted by molar-refractivity contribution is 5.74. The number of hydrogen-bond donors (Lipinski definition) is 1. The molecule has 3 rings (SSSR count). The van der Waals surface area contributed by atoms with Gasteiger partial charge in [-0.2, -0.15) is 13.2 Å². The lowest BCUT2D eigenvalue weighted by Crippen LogP contribution is -2.45. The quantitative estimate of drug-likeness (QED) is 0.936. The zero-order chi connectivity index (χ0) is 17.3. The molecular formula is C17H15F3N2O2. The van der Waals surface area contributed by atoms with Crippen molar-refractivity contribution in [2.24, 2.45) is 0 Å². The Morgan fingerprint density at radius 3 is 2.71 bits per heavy atom. The zero-order valence-electron chi connectivity index (χ0n) is 12.6. The minimum atomic E-state index is -4.41. The topological polar surface area (TPSA) is 53.4 Å². The van der Waals surface area contributed by atoms with Crippen molar-refractivity contribution in [1.82, 2.24) is 9.88 Å². The van der Waals surface area contributed by atoms with Crippen molar-refractivity contribution in [2.45, 2.75) is 31.7 Å². The fourth-order valence-electron chi connectivity index (χ4n) is 2.95. The van der Waals surface area contributed by atoms with E-state index in [9.17, 15) is 23.1 Å². The van der Waals surface area contributed by atoms with Crippen LogP contribution in [0, 0.1) is 0 Å². The van der Waals surface area contributed by atoms with Gasteiger partial charge in [0.1, 0.15) is 6.04 Å². The second-order valence-corrected chi connectivity index (χ2v) is 5.81. The number of halogens is 3. The van der Waals surface area contributed by atoms with Gasteiger partial charge in [0, 0.05) is 25.5 Å². The van der Waals surface area contributed by atoms with Crippen LogP contribution in [0.1, 0.15) is 22.3 Å². The average molecular weight is 336 g/mol. The van der Waals surface area contributed by atoms with Gasteiger partial charge in [0.25, 0.3) is 0 Å². The third kappa shape index (κ3) is 3.41. The van der Waals surface area contributed by atoms with E-state index in [1.807, 2.05) is 6.07 Å². The molecule has 0 fully saturated rings. The molecule has 4 nitrogen and oxygen atoms in total. The molecule has 0 saturated heterocycles. The van der Waals surface area contributed by atoms with Crippen molar-refractivity contribution in [2.75, 3.05) is 0 Å². The van der Waals surface area contributed by atoms with E-state index in [1.165, 1.54) is 6.07 Å². The molecule has 0 saturated carbocycles. The van der Waals surface area contributed by atoms with Gasteiger partial charge in [0.2, 0.25) is 0 Å². The van der Waals surface area contributed by atoms with E-state index in [0.29, 0.717) is 17.7 Å². The summed E-state index contributed by atoms with van der Waals surface area (Å²) in [5.41, 5.74) is 1.28. The van der Waals surface area contributed by atoms with Crippen LogP contribution in [0.2, 0.25) is 0 Å². The number of carboxylic acid groups (broad SMARTS) is 1. The number of aliphatic carboxylic acids is 1. The van der Waals surface area contributed by atoms with E-state index in [-0.39, 0.29) is 13.0 Å². The monoisotopic (exact) mass is 336 g/mol. The minimum absolute atomic E-state index is 0.158. The molecule has 24 heavy (non-hydrogen) atoms. The molecular weight excluding hydrogens is 321 g/mol. The van der Waals surface area contributed by atoms with E-state index in [2.05, 4.69) is 4.98 Å². The molecule has 0 spiro atoms. The van der Waals surface area contributed by atoms with Crippen LogP contribution >= 0.6 is 0 Å². The number of aromatic nitrogens is 1. The number of nitrogens with zero attached hydrogens (tertiary/aromatic N) is 2. The summed E-state index contributed by atoms with van der Waals surface area (Å²) in [6.07, 6.45) is -0.990. The molecule has 0 amide bonds. The average Bonchev–Trinajstić information content (AvgIpc) is 2.53. The van der Waals surface area contributed by atoms with Gasteiger partial charge in [0.05, 0.1) is 5.56 Å². The molecule has 0 unspecified atom stereocenters. The number of pyridine rings is 1. The Bertz CT molecular complexity index is 747. The fraction of sp³-hybridized carbons (Fsp3) is 0.294. The van der Waals surface area contributed by atoms with Crippen molar-refractivity contribution in [3.8, 4) is 0 Å². The standard InChI is InChI=1S/C17H15F3N2O2/c18-17(19,20)14-4-3-12-7-15(16(23)24)22(10-13(12)6-14)9-11-2-1-5-21-8-11/h1-6,8,15H,7,9-10H2,(H,23,24)/t15-/m1/s1. The van der Waals surface area contributed by atoms with Crippen LogP contribution in [0.25, 0.3) is 0 Å². The SMILES string of the molecule is O=C(O)[C@H]1Cc2ccc(C(F)(F)F)cc2CN1Cc1cccnc1. The summed E-state index contributed by atoms with van der Waals surface area (Å²) in [7, 11) is 0. The van der Waals surface area contributed by atoms with Gasteiger partial charge in [-0.3, -0.25) is 14.7 Å². The molecule has 0 radical (unpaired) electrons. The van der Waals surface area contributed by atoms with Crippen molar-refractivity contribution in [3.05, 3.63) is 65.0 Å². The Kier molecular flexibility index (Phi) is 4.28. The molecule has 1 N–H and O–H groups in total. The molecule has 1 aromatic carbocycles. The molecule has 2 heterocycles. The lowest BCUT2D eigenvalue weighted by molar-refractivity contribution is -0.144. The van der Waals surface area contributed by atoms with Crippen LogP contribution in [0.15, 0.2) is 42.7 Å². The van der Waals surface area contributed by atoms with Gasteiger partial charge in [-0.25, -0.2) is 0 Å². The summed E-state index contributed by atoms with van der Waals surface area (Å²) in [4.78, 5) is 17.2. The third-order valence-electron chi connectivity index (χ3n) is 4.15. The van der Waals surface area contributed by atoms with Crippen molar-refractivity contribution >= 4 is 5.97 Å². The molecule has 2 aromatic rings. The van der Waals surface area contributed by atoms with Gasteiger partial charge < -0.3 is 5.11 Å². The predicted octanol–water partition coefficient (Wildman–Crippen LogP) is 3.11. The Morgan fingerprint density at radius 1 is 1.29 bits per heavy atom. The summed E-state index contributed by atoms with van der Waals surface area (Å²) in [6, 6.07) is 6.29. The molecule has 1 aromatic heterocycles. The first-order valence-electron chi connectivity index (χ1n) is 7.39. The van der Waals surface area contributed by atoms with Crippen LogP contribution in [0.5, 0.6) is 0 Å². The van der Waals surface area contributed by atoms with Crippen LogP contribution in [0.4, 0.5) is 13.2 Å². The summed E-state index contributed by atoms with van der Waals surface area (Å²) in [6.45, 7) is 0.478. The smallest absolute Gasteiger partial charge is 0.416 e. The molecule has 0 bridgehead atoms. The van der Waals surface area contributed by atoms with Crippen LogP contribution < -0.4 is 0 Å². The molecule has 1 aliphatic heterocycles. The second-order valence-electron chi connectivity index (χ2n) is 5.81. The lowest BCUT2D eigenvalue weighted by Gasteiger charge is -2.34. The van der Waals surface area contributed by atoms with Crippen LogP contribution in [0.3, 0.4) is 0 Å². The summed E-state index contributed by atoms with van der Waals surface area (Å²) < 4.78 is 38.7. The first kappa shape index (κ1) is 16.4. The Hall–Kier alpha value is -2.41. The van der Waals surface area contributed by atoms with Crippen LogP contribution in [-0.4, -0.2) is 27.0 Å². The zero-order valence-corrected chi connectivity index (χ0v) is 12.6. The first-order valence-corrected chi connectivity index (χ1v) is 7.39. The highest BCUT2D eigenvalue weighted by atomic mass is 19.4. The molecule has 126 valence electrons.